The fraction of sp³-hybridized carbons (Fsp3) is 0.462. The van der Waals surface area contributed by atoms with Crippen LogP contribution in [0, 0.1) is 5.92 Å². The molecule has 0 amide bonds. The lowest BCUT2D eigenvalue weighted by molar-refractivity contribution is -0.120. The summed E-state index contributed by atoms with van der Waals surface area (Å²) in [6, 6.07) is 7.95. The molecule has 0 spiro atoms. The zero-order valence-corrected chi connectivity index (χ0v) is 9.03. The van der Waals surface area contributed by atoms with E-state index in [0.29, 0.717) is 5.78 Å². The topological polar surface area (TPSA) is 26.3 Å². The van der Waals surface area contributed by atoms with Crippen LogP contribution in [0.2, 0.25) is 0 Å². The van der Waals surface area contributed by atoms with Crippen LogP contribution in [0.25, 0.3) is 0 Å². The third-order valence-electron chi connectivity index (χ3n) is 3.09. The van der Waals surface area contributed by atoms with E-state index in [-0.39, 0.29) is 5.92 Å². The van der Waals surface area contributed by atoms with Gasteiger partial charge in [0.1, 0.15) is 11.5 Å². The van der Waals surface area contributed by atoms with Crippen LogP contribution in [0.15, 0.2) is 24.3 Å². The van der Waals surface area contributed by atoms with Crippen molar-refractivity contribution in [3.63, 3.8) is 0 Å². The molecule has 0 radical (unpaired) electrons. The normalized spacial score (nSPS) is 20.6. The van der Waals surface area contributed by atoms with Crippen LogP contribution in [0.5, 0.6) is 5.75 Å². The summed E-state index contributed by atoms with van der Waals surface area (Å²) in [5, 5.41) is 0. The van der Waals surface area contributed by atoms with E-state index in [0.717, 1.165) is 37.0 Å². The Balaban J connectivity index is 2.12. The molecule has 0 heterocycles. The lowest BCUT2D eigenvalue weighted by Crippen LogP contribution is -2.10. The van der Waals surface area contributed by atoms with Crippen molar-refractivity contribution in [3.05, 3.63) is 29.8 Å². The number of ether oxygens (including phenoxy) is 1. The molecule has 1 saturated carbocycles. The number of ketones is 1. The Morgan fingerprint density at radius 2 is 2.20 bits per heavy atom. The Morgan fingerprint density at radius 1 is 1.40 bits per heavy atom. The molecule has 2 rings (SSSR count). The molecule has 1 aliphatic rings. The minimum atomic E-state index is 0.223. The van der Waals surface area contributed by atoms with Gasteiger partial charge in [0, 0.05) is 12.3 Å². The van der Waals surface area contributed by atoms with Gasteiger partial charge in [-0.1, -0.05) is 18.2 Å². The average Bonchev–Trinajstić information content (AvgIpc) is 2.65. The summed E-state index contributed by atoms with van der Waals surface area (Å²) < 4.78 is 5.28. The Hall–Kier alpha value is -1.31. The van der Waals surface area contributed by atoms with E-state index < -0.39 is 0 Å². The Morgan fingerprint density at radius 3 is 2.87 bits per heavy atom. The maximum absolute atomic E-state index is 11.5. The zero-order valence-electron chi connectivity index (χ0n) is 9.03. The van der Waals surface area contributed by atoms with Gasteiger partial charge >= 0.3 is 0 Å². The van der Waals surface area contributed by atoms with E-state index in [4.69, 9.17) is 4.74 Å². The third-order valence-corrected chi connectivity index (χ3v) is 3.09. The minimum absolute atomic E-state index is 0.223. The Kier molecular flexibility index (Phi) is 3.05. The highest BCUT2D eigenvalue weighted by Gasteiger charge is 2.25. The number of methoxy groups -OCH3 is 1. The maximum Gasteiger partial charge on any atom is 0.136 e. The molecule has 1 aromatic carbocycles. The van der Waals surface area contributed by atoms with E-state index in [1.807, 2.05) is 24.3 Å². The standard InChI is InChI=1S/C13H16O2/c1-15-13-8-3-2-5-11(13)9-10-6-4-7-12(10)14/h2-3,5,8,10H,4,6-7,9H2,1H3. The number of hydrogen-bond donors (Lipinski definition) is 0. The fourth-order valence-corrected chi connectivity index (χ4v) is 2.24. The first kappa shape index (κ1) is 10.2. The molecule has 0 saturated heterocycles. The van der Waals surface area contributed by atoms with E-state index in [9.17, 15) is 4.79 Å². The first-order valence-electron chi connectivity index (χ1n) is 5.46. The SMILES string of the molecule is COc1ccccc1CC1CCCC1=O. The molecule has 2 heteroatoms. The van der Waals surface area contributed by atoms with Gasteiger partial charge in [-0.3, -0.25) is 4.79 Å². The lowest BCUT2D eigenvalue weighted by Gasteiger charge is -2.11. The van der Waals surface area contributed by atoms with E-state index in [1.165, 1.54) is 0 Å². The van der Waals surface area contributed by atoms with Crippen molar-refractivity contribution >= 4 is 5.78 Å². The predicted molar refractivity (Wildman–Crippen MR) is 59.0 cm³/mol. The van der Waals surface area contributed by atoms with Crippen LogP contribution in [-0.2, 0) is 11.2 Å². The largest absolute Gasteiger partial charge is 0.496 e. The number of hydrogen-bond acceptors (Lipinski definition) is 2. The number of Topliss-reactive ketones (excluding diaryl/α,β-unsaturated/α-hetero) is 1. The van der Waals surface area contributed by atoms with Gasteiger partial charge in [-0.05, 0) is 30.9 Å². The second-order valence-corrected chi connectivity index (χ2v) is 4.07. The van der Waals surface area contributed by atoms with Gasteiger partial charge < -0.3 is 4.74 Å². The highest BCUT2D eigenvalue weighted by atomic mass is 16.5. The molecule has 0 aliphatic heterocycles. The Bertz CT molecular complexity index is 357. The summed E-state index contributed by atoms with van der Waals surface area (Å²) in [7, 11) is 1.68. The summed E-state index contributed by atoms with van der Waals surface area (Å²) in [6.45, 7) is 0. The van der Waals surface area contributed by atoms with E-state index in [2.05, 4.69) is 0 Å². The molecule has 1 atom stereocenters. The number of carbonyl (C=O) groups is 1. The molecular weight excluding hydrogens is 188 g/mol. The van der Waals surface area contributed by atoms with E-state index >= 15 is 0 Å². The van der Waals surface area contributed by atoms with Crippen molar-refractivity contribution in [1.29, 1.82) is 0 Å². The number of carbonyl (C=O) groups excluding carboxylic acids is 1. The monoisotopic (exact) mass is 204 g/mol. The molecule has 0 N–H and O–H groups in total. The van der Waals surface area contributed by atoms with Crippen LogP contribution < -0.4 is 4.74 Å². The summed E-state index contributed by atoms with van der Waals surface area (Å²) in [5.74, 6) is 1.54. The molecule has 0 aromatic heterocycles. The van der Waals surface area contributed by atoms with Crippen LogP contribution in [0.3, 0.4) is 0 Å². The van der Waals surface area contributed by atoms with Crippen molar-refractivity contribution in [2.45, 2.75) is 25.7 Å². The van der Waals surface area contributed by atoms with Gasteiger partial charge in [-0.2, -0.15) is 0 Å². The van der Waals surface area contributed by atoms with Gasteiger partial charge in [0.05, 0.1) is 7.11 Å². The molecule has 1 fully saturated rings. The quantitative estimate of drug-likeness (QED) is 0.756. The van der Waals surface area contributed by atoms with Crippen LogP contribution >= 0.6 is 0 Å². The van der Waals surface area contributed by atoms with Gasteiger partial charge in [0.2, 0.25) is 0 Å². The summed E-state index contributed by atoms with van der Waals surface area (Å²) in [4.78, 5) is 11.5. The van der Waals surface area contributed by atoms with Crippen molar-refractivity contribution in [2.75, 3.05) is 7.11 Å². The zero-order chi connectivity index (χ0) is 10.7. The molecule has 1 aliphatic carbocycles. The number of para-hydroxylation sites is 1. The summed E-state index contributed by atoms with van der Waals surface area (Å²) in [5.41, 5.74) is 1.15. The predicted octanol–water partition coefficient (Wildman–Crippen LogP) is 2.61. The molecule has 1 aromatic rings. The molecule has 0 bridgehead atoms. The Labute approximate surface area is 90.3 Å². The first-order chi connectivity index (χ1) is 7.31. The lowest BCUT2D eigenvalue weighted by atomic mass is 9.97. The molecule has 15 heavy (non-hydrogen) atoms. The number of rotatable bonds is 3. The third kappa shape index (κ3) is 2.20. The number of benzene rings is 1. The van der Waals surface area contributed by atoms with Crippen LogP contribution in [0.4, 0.5) is 0 Å². The fourth-order valence-electron chi connectivity index (χ4n) is 2.24. The summed E-state index contributed by atoms with van der Waals surface area (Å²) in [6.07, 6.45) is 3.69. The first-order valence-corrected chi connectivity index (χ1v) is 5.46. The molecule has 1 unspecified atom stereocenters. The van der Waals surface area contributed by atoms with E-state index in [1.54, 1.807) is 7.11 Å². The van der Waals surface area contributed by atoms with Crippen molar-refractivity contribution in [2.24, 2.45) is 5.92 Å². The average molecular weight is 204 g/mol. The minimum Gasteiger partial charge on any atom is -0.496 e. The van der Waals surface area contributed by atoms with Gasteiger partial charge in [0.25, 0.3) is 0 Å². The highest BCUT2D eigenvalue weighted by Crippen LogP contribution is 2.28. The summed E-state index contributed by atoms with van der Waals surface area (Å²) >= 11 is 0. The van der Waals surface area contributed by atoms with Crippen molar-refractivity contribution < 1.29 is 9.53 Å². The second kappa shape index (κ2) is 4.47. The van der Waals surface area contributed by atoms with Crippen LogP contribution in [0.1, 0.15) is 24.8 Å². The smallest absolute Gasteiger partial charge is 0.136 e. The van der Waals surface area contributed by atoms with Crippen molar-refractivity contribution in [1.82, 2.24) is 0 Å². The highest BCUT2D eigenvalue weighted by molar-refractivity contribution is 5.83. The van der Waals surface area contributed by atoms with Crippen molar-refractivity contribution in [3.8, 4) is 5.75 Å². The van der Waals surface area contributed by atoms with Gasteiger partial charge in [-0.15, -0.1) is 0 Å². The molecule has 2 nitrogen and oxygen atoms in total. The maximum atomic E-state index is 11.5. The van der Waals surface area contributed by atoms with Gasteiger partial charge in [0.15, 0.2) is 0 Å². The molecular formula is C13H16O2. The molecule has 80 valence electrons. The van der Waals surface area contributed by atoms with Gasteiger partial charge in [-0.25, -0.2) is 0 Å². The van der Waals surface area contributed by atoms with Crippen LogP contribution in [-0.4, -0.2) is 12.9 Å². The second-order valence-electron chi connectivity index (χ2n) is 4.07.